The van der Waals surface area contributed by atoms with E-state index in [1.165, 1.54) is 4.90 Å². The molecule has 2 aromatic rings. The first-order valence-electron chi connectivity index (χ1n) is 12.6. The van der Waals surface area contributed by atoms with Crippen LogP contribution in [0, 0.1) is 11.8 Å². The van der Waals surface area contributed by atoms with Gasteiger partial charge in [-0.2, -0.15) is 0 Å². The summed E-state index contributed by atoms with van der Waals surface area (Å²) in [6, 6.07) is 14.8. The van der Waals surface area contributed by atoms with E-state index >= 15 is 0 Å². The summed E-state index contributed by atoms with van der Waals surface area (Å²) in [6.45, 7) is 6.64. The van der Waals surface area contributed by atoms with Crippen LogP contribution < -0.4 is 15.4 Å². The number of carbonyl (C=O) groups is 2. The maximum absolute atomic E-state index is 13.1. The molecule has 0 saturated carbocycles. The van der Waals surface area contributed by atoms with Crippen molar-refractivity contribution in [2.45, 2.75) is 45.4 Å². The van der Waals surface area contributed by atoms with E-state index in [2.05, 4.69) is 16.8 Å². The Bertz CT molecular complexity index is 1310. The molecule has 0 bridgehead atoms. The molecule has 1 unspecified atom stereocenters. The molecule has 0 spiro atoms. The molecule has 8 nitrogen and oxygen atoms in total. The van der Waals surface area contributed by atoms with Crippen LogP contribution in [0.2, 0.25) is 0 Å². The van der Waals surface area contributed by atoms with E-state index in [9.17, 15) is 9.59 Å². The van der Waals surface area contributed by atoms with Crippen LogP contribution in [-0.2, 0) is 20.9 Å². The summed E-state index contributed by atoms with van der Waals surface area (Å²) >= 11 is 6.44. The number of carbonyl (C=O) groups excluding carboxylic acids is 2. The first-order valence-corrected chi connectivity index (χ1v) is 13.0. The zero-order valence-electron chi connectivity index (χ0n) is 23.0. The van der Waals surface area contributed by atoms with Gasteiger partial charge in [0.2, 0.25) is 6.41 Å². The standard InChI is InChI=1S/C30H35ClN4O4/c1-21(19-39-26-17-22(13-15-30(2,3)38-5)11-12-25(26)34(4)20-36)35-16-14-24(27(32)29(35)37)28(31)33-18-23-9-7-6-8-10-23/h6-12,17,20-21H,14,16,18-19,32H2,1-5H3. The van der Waals surface area contributed by atoms with E-state index in [0.29, 0.717) is 48.5 Å². The van der Waals surface area contributed by atoms with Gasteiger partial charge in [-0.3, -0.25) is 14.6 Å². The van der Waals surface area contributed by atoms with Gasteiger partial charge in [-0.25, -0.2) is 0 Å². The Labute approximate surface area is 235 Å². The summed E-state index contributed by atoms with van der Waals surface area (Å²) in [4.78, 5) is 32.1. The highest BCUT2D eigenvalue weighted by molar-refractivity contribution is 6.69. The molecule has 0 radical (unpaired) electrons. The first-order chi connectivity index (χ1) is 18.6. The van der Waals surface area contributed by atoms with E-state index in [-0.39, 0.29) is 29.4 Å². The smallest absolute Gasteiger partial charge is 0.270 e. The van der Waals surface area contributed by atoms with Gasteiger partial charge in [0.05, 0.1) is 18.3 Å². The van der Waals surface area contributed by atoms with Crippen molar-refractivity contribution in [3.63, 3.8) is 0 Å². The Kier molecular flexibility index (Phi) is 10.2. The molecule has 3 rings (SSSR count). The zero-order chi connectivity index (χ0) is 28.6. The van der Waals surface area contributed by atoms with Crippen molar-refractivity contribution in [2.24, 2.45) is 10.7 Å². The van der Waals surface area contributed by atoms with Gasteiger partial charge < -0.3 is 25.0 Å². The fraction of sp³-hybridized carbons (Fsp3) is 0.367. The topological polar surface area (TPSA) is 97.5 Å². The minimum atomic E-state index is -0.607. The zero-order valence-corrected chi connectivity index (χ0v) is 23.8. The molecule has 2 N–H and O–H groups in total. The molecule has 0 fully saturated rings. The van der Waals surface area contributed by atoms with E-state index in [1.54, 1.807) is 31.2 Å². The molecule has 1 heterocycles. The first kappa shape index (κ1) is 29.8. The molecule has 0 aromatic heterocycles. The predicted octanol–water partition coefficient (Wildman–Crippen LogP) is 4.11. The molecule has 206 valence electrons. The van der Waals surface area contributed by atoms with Crippen LogP contribution in [0.25, 0.3) is 0 Å². The molecular formula is C30H35ClN4O4. The van der Waals surface area contributed by atoms with Crippen molar-refractivity contribution in [3.8, 4) is 17.6 Å². The minimum absolute atomic E-state index is 0.0920. The number of hydrogen-bond acceptors (Lipinski definition) is 6. The predicted molar refractivity (Wildman–Crippen MR) is 155 cm³/mol. The molecular weight excluding hydrogens is 516 g/mol. The molecule has 2 amide bonds. The monoisotopic (exact) mass is 550 g/mol. The molecule has 1 aliphatic rings. The number of nitrogens with two attached hydrogens (primary N) is 1. The third kappa shape index (κ3) is 7.85. The maximum atomic E-state index is 13.1. The maximum Gasteiger partial charge on any atom is 0.270 e. The second kappa shape index (κ2) is 13.3. The van der Waals surface area contributed by atoms with E-state index in [1.807, 2.05) is 57.2 Å². The summed E-state index contributed by atoms with van der Waals surface area (Å²) in [6.07, 6.45) is 1.19. The highest BCUT2D eigenvalue weighted by atomic mass is 35.5. The molecule has 9 heteroatoms. The van der Waals surface area contributed by atoms with Gasteiger partial charge >= 0.3 is 0 Å². The highest BCUT2D eigenvalue weighted by Crippen LogP contribution is 2.29. The average Bonchev–Trinajstić information content (AvgIpc) is 2.95. The summed E-state index contributed by atoms with van der Waals surface area (Å²) < 4.78 is 11.5. The van der Waals surface area contributed by atoms with Crippen molar-refractivity contribution in [1.82, 2.24) is 4.90 Å². The number of rotatable bonds is 10. The summed E-state index contributed by atoms with van der Waals surface area (Å²) in [5, 5.41) is 0.254. The van der Waals surface area contributed by atoms with Crippen LogP contribution in [-0.4, -0.2) is 61.3 Å². The number of halogens is 1. The van der Waals surface area contributed by atoms with Crippen molar-refractivity contribution in [1.29, 1.82) is 0 Å². The lowest BCUT2D eigenvalue weighted by Gasteiger charge is -2.33. The Morgan fingerprint density at radius 1 is 1.28 bits per heavy atom. The van der Waals surface area contributed by atoms with Crippen LogP contribution >= 0.6 is 11.6 Å². The van der Waals surface area contributed by atoms with Gasteiger partial charge in [0.25, 0.3) is 5.91 Å². The SMILES string of the molecule is COC(C)(C)C#Cc1ccc(N(C)C=O)c(OCC(C)N2CCC(C(Cl)=NCc3ccccc3)=C(N)C2=O)c1. The quantitative estimate of drug-likeness (QED) is 0.273. The van der Waals surface area contributed by atoms with Gasteiger partial charge in [0.15, 0.2) is 0 Å². The third-order valence-corrected chi connectivity index (χ3v) is 6.79. The number of nitrogens with zero attached hydrogens (tertiary/aromatic N) is 3. The summed E-state index contributed by atoms with van der Waals surface area (Å²) in [5.41, 5.74) is 8.57. The van der Waals surface area contributed by atoms with E-state index < -0.39 is 5.60 Å². The lowest BCUT2D eigenvalue weighted by Crippen LogP contribution is -2.47. The van der Waals surface area contributed by atoms with Gasteiger partial charge in [0, 0.05) is 31.8 Å². The van der Waals surface area contributed by atoms with Crippen molar-refractivity contribution >= 4 is 34.8 Å². The molecule has 1 atom stereocenters. The molecule has 0 saturated heterocycles. The van der Waals surface area contributed by atoms with E-state index in [0.717, 1.165) is 5.56 Å². The number of methoxy groups -OCH3 is 1. The van der Waals surface area contributed by atoms with Gasteiger partial charge in [-0.05, 0) is 51.0 Å². The number of anilines is 1. The van der Waals surface area contributed by atoms with Gasteiger partial charge in [-0.15, -0.1) is 0 Å². The van der Waals surface area contributed by atoms with Crippen molar-refractivity contribution in [3.05, 3.63) is 70.9 Å². The average molecular weight is 551 g/mol. The van der Waals surface area contributed by atoms with Crippen molar-refractivity contribution < 1.29 is 19.1 Å². The molecule has 1 aliphatic heterocycles. The lowest BCUT2D eigenvalue weighted by atomic mass is 10.0. The normalized spacial score (nSPS) is 15.0. The number of ether oxygens (including phenoxy) is 2. The van der Waals surface area contributed by atoms with Crippen LogP contribution in [0.5, 0.6) is 5.75 Å². The summed E-state index contributed by atoms with van der Waals surface area (Å²) in [7, 11) is 3.24. The van der Waals surface area contributed by atoms with Crippen LogP contribution in [0.1, 0.15) is 38.3 Å². The highest BCUT2D eigenvalue weighted by Gasteiger charge is 2.30. The minimum Gasteiger partial charge on any atom is -0.489 e. The van der Waals surface area contributed by atoms with E-state index in [4.69, 9.17) is 26.8 Å². The van der Waals surface area contributed by atoms with Crippen LogP contribution in [0.4, 0.5) is 5.69 Å². The molecule has 39 heavy (non-hydrogen) atoms. The summed E-state index contributed by atoms with van der Waals surface area (Å²) in [5.74, 6) is 6.32. The Hall–Kier alpha value is -3.80. The Balaban J connectivity index is 1.73. The second-order valence-corrected chi connectivity index (χ2v) is 10.1. The number of aliphatic imine (C=N–C) groups is 1. The fourth-order valence-electron chi connectivity index (χ4n) is 3.86. The van der Waals surface area contributed by atoms with Crippen molar-refractivity contribution in [2.75, 3.05) is 32.2 Å². The largest absolute Gasteiger partial charge is 0.489 e. The van der Waals surface area contributed by atoms with Crippen LogP contribution in [0.3, 0.4) is 0 Å². The second-order valence-electron chi connectivity index (χ2n) is 9.76. The number of benzene rings is 2. The van der Waals surface area contributed by atoms with Crippen LogP contribution in [0.15, 0.2) is 64.8 Å². The van der Waals surface area contributed by atoms with Gasteiger partial charge in [-0.1, -0.05) is 53.8 Å². The number of amides is 2. The third-order valence-electron chi connectivity index (χ3n) is 6.44. The Morgan fingerprint density at radius 3 is 2.67 bits per heavy atom. The van der Waals surface area contributed by atoms with Gasteiger partial charge in [0.1, 0.15) is 28.8 Å². The Morgan fingerprint density at radius 2 is 2.00 bits per heavy atom. The molecule has 2 aromatic carbocycles. The molecule has 0 aliphatic carbocycles. The number of hydrogen-bond donors (Lipinski definition) is 1. The lowest BCUT2D eigenvalue weighted by molar-refractivity contribution is -0.130. The fourth-order valence-corrected chi connectivity index (χ4v) is 4.11.